The molecule has 1 N–H and O–H groups in total. The van der Waals surface area contributed by atoms with Gasteiger partial charge in [0.2, 0.25) is 0 Å². The Hall–Kier alpha value is -0.870. The third-order valence-electron chi connectivity index (χ3n) is 2.86. The molecule has 0 radical (unpaired) electrons. The van der Waals surface area contributed by atoms with Gasteiger partial charge in [0.25, 0.3) is 0 Å². The highest BCUT2D eigenvalue weighted by Crippen LogP contribution is 2.22. The topological polar surface area (TPSA) is 37.3 Å². The smallest absolute Gasteiger partial charge is 0.0681 e. The van der Waals surface area contributed by atoms with E-state index in [-0.39, 0.29) is 6.61 Å². The van der Waals surface area contributed by atoms with Gasteiger partial charge in [0, 0.05) is 26.6 Å². The van der Waals surface area contributed by atoms with E-state index in [2.05, 4.69) is 0 Å². The van der Waals surface area contributed by atoms with Crippen molar-refractivity contribution < 1.29 is 9.32 Å². The molecule has 0 aliphatic carbocycles. The molecule has 5 heteroatoms. The van der Waals surface area contributed by atoms with Crippen molar-refractivity contribution in [1.82, 2.24) is 0 Å². The van der Waals surface area contributed by atoms with Crippen LogP contribution >= 0.6 is 23.2 Å². The Morgan fingerprint density at radius 1 is 0.950 bits per heavy atom. The van der Waals surface area contributed by atoms with Crippen LogP contribution in [0, 0.1) is 0 Å². The van der Waals surface area contributed by atoms with Crippen molar-refractivity contribution in [2.24, 2.45) is 0 Å². The van der Waals surface area contributed by atoms with Crippen molar-refractivity contribution >= 4 is 34.0 Å². The molecule has 0 amide bonds. The molecule has 0 bridgehead atoms. The maximum absolute atomic E-state index is 12.2. The molecule has 0 fully saturated rings. The predicted molar refractivity (Wildman–Crippen MR) is 84.4 cm³/mol. The van der Waals surface area contributed by atoms with Crippen LogP contribution in [0.2, 0.25) is 10.0 Å². The Bertz CT molecular complexity index is 612. The van der Waals surface area contributed by atoms with Gasteiger partial charge in [-0.05, 0) is 34.9 Å². The number of benzene rings is 2. The van der Waals surface area contributed by atoms with Crippen LogP contribution in [0.25, 0.3) is 0 Å². The molecule has 1 unspecified atom stereocenters. The van der Waals surface area contributed by atoms with Crippen LogP contribution in [0.15, 0.2) is 42.5 Å². The summed E-state index contributed by atoms with van der Waals surface area (Å²) in [4.78, 5) is 0. The zero-order chi connectivity index (χ0) is 14.5. The molecule has 2 rings (SSSR count). The molecule has 2 aromatic rings. The van der Waals surface area contributed by atoms with Crippen molar-refractivity contribution in [3.63, 3.8) is 0 Å². The van der Waals surface area contributed by atoms with Gasteiger partial charge in [-0.3, -0.25) is 4.21 Å². The summed E-state index contributed by atoms with van der Waals surface area (Å²) in [6, 6.07) is 12.6. The van der Waals surface area contributed by atoms with Crippen LogP contribution < -0.4 is 0 Å². The van der Waals surface area contributed by atoms with Gasteiger partial charge in [-0.2, -0.15) is 0 Å². The van der Waals surface area contributed by atoms with Crippen LogP contribution in [0.5, 0.6) is 0 Å². The lowest BCUT2D eigenvalue weighted by Gasteiger charge is -2.06. The third-order valence-corrected chi connectivity index (χ3v) is 4.75. The number of hydrogen-bond donors (Lipinski definition) is 1. The predicted octanol–water partition coefficient (Wildman–Crippen LogP) is 3.93. The minimum absolute atomic E-state index is 0.0154. The molecule has 0 saturated heterocycles. The second kappa shape index (κ2) is 7.23. The van der Waals surface area contributed by atoms with Gasteiger partial charge in [-0.1, -0.05) is 47.5 Å². The molecule has 0 aromatic heterocycles. The first-order chi connectivity index (χ1) is 9.58. The van der Waals surface area contributed by atoms with Crippen LogP contribution in [-0.2, 0) is 28.9 Å². The molecule has 0 spiro atoms. The van der Waals surface area contributed by atoms with E-state index in [0.717, 1.165) is 16.7 Å². The first-order valence-electron chi connectivity index (χ1n) is 6.06. The first kappa shape index (κ1) is 15.5. The van der Waals surface area contributed by atoms with Crippen LogP contribution in [0.4, 0.5) is 0 Å². The number of hydrogen-bond acceptors (Lipinski definition) is 2. The van der Waals surface area contributed by atoms with Crippen molar-refractivity contribution in [3.05, 3.63) is 69.2 Å². The van der Waals surface area contributed by atoms with Gasteiger partial charge < -0.3 is 5.11 Å². The van der Waals surface area contributed by atoms with E-state index in [1.165, 1.54) is 0 Å². The average Bonchev–Trinajstić information content (AvgIpc) is 2.43. The molecule has 0 aliphatic rings. The zero-order valence-electron chi connectivity index (χ0n) is 10.7. The van der Waals surface area contributed by atoms with E-state index in [1.807, 2.05) is 24.3 Å². The third kappa shape index (κ3) is 4.32. The summed E-state index contributed by atoms with van der Waals surface area (Å²) in [6.07, 6.45) is 0. The Morgan fingerprint density at radius 3 is 2.25 bits per heavy atom. The highest BCUT2D eigenvalue weighted by molar-refractivity contribution is 7.83. The Morgan fingerprint density at radius 2 is 1.60 bits per heavy atom. The van der Waals surface area contributed by atoms with E-state index in [1.54, 1.807) is 18.2 Å². The Balaban J connectivity index is 2.03. The number of aliphatic hydroxyl groups is 1. The molecule has 2 nitrogen and oxygen atoms in total. The van der Waals surface area contributed by atoms with Gasteiger partial charge >= 0.3 is 0 Å². The Labute approximate surface area is 130 Å². The fourth-order valence-corrected chi connectivity index (χ4v) is 3.52. The molecule has 0 saturated carbocycles. The molecular formula is C15H14Cl2O2S. The van der Waals surface area contributed by atoms with E-state index >= 15 is 0 Å². The maximum Gasteiger partial charge on any atom is 0.0681 e. The first-order valence-corrected chi connectivity index (χ1v) is 8.30. The van der Waals surface area contributed by atoms with E-state index in [0.29, 0.717) is 21.6 Å². The van der Waals surface area contributed by atoms with E-state index in [4.69, 9.17) is 28.3 Å². The van der Waals surface area contributed by atoms with E-state index in [9.17, 15) is 4.21 Å². The number of halogens is 2. The average molecular weight is 329 g/mol. The molecule has 2 aromatic carbocycles. The van der Waals surface area contributed by atoms with Gasteiger partial charge in [0.05, 0.1) is 12.4 Å². The normalized spacial score (nSPS) is 12.3. The fourth-order valence-electron chi connectivity index (χ4n) is 1.81. The standard InChI is InChI=1S/C15H14Cl2O2S/c16-14-5-6-15(17)13(7-14)10-20(19)9-12-3-1-11(8-18)2-4-12/h1-7,18H,8-10H2. The van der Waals surface area contributed by atoms with Gasteiger partial charge in [0.15, 0.2) is 0 Å². The molecule has 106 valence electrons. The summed E-state index contributed by atoms with van der Waals surface area (Å²) in [7, 11) is -1.05. The minimum atomic E-state index is -1.05. The number of rotatable bonds is 5. The summed E-state index contributed by atoms with van der Waals surface area (Å²) >= 11 is 12.0. The summed E-state index contributed by atoms with van der Waals surface area (Å²) in [5.74, 6) is 0.829. The summed E-state index contributed by atoms with van der Waals surface area (Å²) in [6.45, 7) is 0.0154. The second-order valence-corrected chi connectivity index (χ2v) is 6.74. The highest BCUT2D eigenvalue weighted by Gasteiger charge is 2.08. The van der Waals surface area contributed by atoms with E-state index < -0.39 is 10.8 Å². The summed E-state index contributed by atoms with van der Waals surface area (Å²) < 4.78 is 12.2. The van der Waals surface area contributed by atoms with Crippen molar-refractivity contribution in [2.75, 3.05) is 0 Å². The van der Waals surface area contributed by atoms with Crippen LogP contribution in [-0.4, -0.2) is 9.32 Å². The molecular weight excluding hydrogens is 315 g/mol. The van der Waals surface area contributed by atoms with Crippen LogP contribution in [0.1, 0.15) is 16.7 Å². The zero-order valence-corrected chi connectivity index (χ0v) is 13.0. The SMILES string of the molecule is O=S(Cc1ccc(CO)cc1)Cc1cc(Cl)ccc1Cl. The molecule has 0 heterocycles. The van der Waals surface area contributed by atoms with Crippen molar-refractivity contribution in [1.29, 1.82) is 0 Å². The minimum Gasteiger partial charge on any atom is -0.392 e. The fraction of sp³-hybridized carbons (Fsp3) is 0.200. The molecule has 20 heavy (non-hydrogen) atoms. The lowest BCUT2D eigenvalue weighted by Crippen LogP contribution is -2.00. The second-order valence-electron chi connectivity index (χ2n) is 4.44. The Kier molecular flexibility index (Phi) is 5.61. The molecule has 0 aliphatic heterocycles. The highest BCUT2D eigenvalue weighted by atomic mass is 35.5. The quantitative estimate of drug-likeness (QED) is 0.902. The van der Waals surface area contributed by atoms with Crippen LogP contribution in [0.3, 0.4) is 0 Å². The molecule has 1 atom stereocenters. The maximum atomic E-state index is 12.2. The lowest BCUT2D eigenvalue weighted by molar-refractivity contribution is 0.282. The summed E-state index contributed by atoms with van der Waals surface area (Å²) in [5, 5.41) is 10.1. The van der Waals surface area contributed by atoms with Gasteiger partial charge in [-0.15, -0.1) is 0 Å². The number of aliphatic hydroxyl groups excluding tert-OH is 1. The van der Waals surface area contributed by atoms with Crippen molar-refractivity contribution in [3.8, 4) is 0 Å². The largest absolute Gasteiger partial charge is 0.392 e. The van der Waals surface area contributed by atoms with Crippen molar-refractivity contribution in [2.45, 2.75) is 18.1 Å². The van der Waals surface area contributed by atoms with Gasteiger partial charge in [0.1, 0.15) is 0 Å². The monoisotopic (exact) mass is 328 g/mol. The summed E-state index contributed by atoms with van der Waals surface area (Å²) in [5.41, 5.74) is 2.61. The van der Waals surface area contributed by atoms with Gasteiger partial charge in [-0.25, -0.2) is 0 Å². The lowest BCUT2D eigenvalue weighted by atomic mass is 10.2.